The summed E-state index contributed by atoms with van der Waals surface area (Å²) in [5.74, 6) is 0. The summed E-state index contributed by atoms with van der Waals surface area (Å²) in [4.78, 5) is 12.5. The number of hydrogen-bond acceptors (Lipinski definition) is 6. The third kappa shape index (κ3) is 3.89. The fourth-order valence-electron chi connectivity index (χ4n) is 3.93. The van der Waals surface area contributed by atoms with Crippen LogP contribution in [0.3, 0.4) is 0 Å². The molecule has 0 radical (unpaired) electrons. The molecule has 1 saturated heterocycles. The van der Waals surface area contributed by atoms with Crippen molar-refractivity contribution in [1.82, 2.24) is 4.31 Å². The van der Waals surface area contributed by atoms with Gasteiger partial charge in [-0.1, -0.05) is 28.1 Å². The second-order valence-corrected chi connectivity index (χ2v) is 9.90. The highest BCUT2D eigenvalue weighted by molar-refractivity contribution is 9.10. The highest BCUT2D eigenvalue weighted by Gasteiger charge is 2.36. The first kappa shape index (κ1) is 20.3. The van der Waals surface area contributed by atoms with Crippen LogP contribution in [0.1, 0.15) is 18.4 Å². The highest BCUT2D eigenvalue weighted by atomic mass is 79.9. The maximum absolute atomic E-state index is 13.0. The van der Waals surface area contributed by atoms with Crippen molar-refractivity contribution < 1.29 is 18.1 Å². The summed E-state index contributed by atoms with van der Waals surface area (Å²) in [6.07, 6.45) is 1.25. The van der Waals surface area contributed by atoms with Crippen LogP contribution in [0.5, 0.6) is 0 Å². The molecule has 10 heteroatoms. The molecule has 0 spiro atoms. The fraction of sp³-hybridized carbons (Fsp3) is 0.368. The van der Waals surface area contributed by atoms with Gasteiger partial charge in [0.15, 0.2) is 4.90 Å². The van der Waals surface area contributed by atoms with Gasteiger partial charge in [-0.2, -0.15) is 4.31 Å². The summed E-state index contributed by atoms with van der Waals surface area (Å²) in [6, 6.07) is 11.7. The van der Waals surface area contributed by atoms with E-state index in [1.54, 1.807) is 0 Å². The van der Waals surface area contributed by atoms with Crippen molar-refractivity contribution in [3.63, 3.8) is 0 Å². The van der Waals surface area contributed by atoms with Crippen LogP contribution in [0.2, 0.25) is 0 Å². The molecule has 0 unspecified atom stereocenters. The number of para-hydroxylation sites is 1. The van der Waals surface area contributed by atoms with Gasteiger partial charge in [0.2, 0.25) is 10.0 Å². The minimum Gasteiger partial charge on any atom is -0.356 e. The number of hydrogen-bond donors (Lipinski definition) is 0. The maximum Gasteiger partial charge on any atom is 0.289 e. The molecule has 0 amide bonds. The van der Waals surface area contributed by atoms with Gasteiger partial charge in [-0.05, 0) is 37.1 Å². The van der Waals surface area contributed by atoms with E-state index in [2.05, 4.69) is 26.9 Å². The molecular formula is C19H20BrN3O5S. The number of nitro groups is 1. The number of fused-ring (bicyclic) bond motifs is 1. The third-order valence-corrected chi connectivity index (χ3v) is 7.82. The number of benzene rings is 2. The zero-order chi connectivity index (χ0) is 20.6. The summed E-state index contributed by atoms with van der Waals surface area (Å²) in [6.45, 7) is 1.63. The van der Waals surface area contributed by atoms with Crippen LogP contribution in [0.25, 0.3) is 0 Å². The molecule has 2 aliphatic heterocycles. The monoisotopic (exact) mass is 481 g/mol. The Morgan fingerprint density at radius 3 is 2.59 bits per heavy atom. The van der Waals surface area contributed by atoms with Gasteiger partial charge >= 0.3 is 0 Å². The molecule has 0 aliphatic carbocycles. The first-order chi connectivity index (χ1) is 13.9. The lowest BCUT2D eigenvalue weighted by Gasteiger charge is -2.41. The number of nitrogens with zero attached hydrogens (tertiary/aromatic N) is 3. The van der Waals surface area contributed by atoms with Crippen molar-refractivity contribution in [3.8, 4) is 0 Å². The molecule has 2 aliphatic rings. The summed E-state index contributed by atoms with van der Waals surface area (Å²) in [5.41, 5.74) is 1.82. The molecular weight excluding hydrogens is 462 g/mol. The van der Waals surface area contributed by atoms with Crippen molar-refractivity contribution in [2.75, 3.05) is 24.7 Å². The van der Waals surface area contributed by atoms with Crippen molar-refractivity contribution in [3.05, 3.63) is 62.6 Å². The number of sulfonamides is 1. The molecule has 2 heterocycles. The molecule has 29 heavy (non-hydrogen) atoms. The Balaban J connectivity index is 1.52. The molecule has 0 aromatic heterocycles. The third-order valence-electron chi connectivity index (χ3n) is 5.38. The van der Waals surface area contributed by atoms with Gasteiger partial charge in [0.25, 0.3) is 5.69 Å². The molecule has 1 fully saturated rings. The Morgan fingerprint density at radius 2 is 1.86 bits per heavy atom. The molecule has 4 rings (SSSR count). The Morgan fingerprint density at radius 1 is 1.14 bits per heavy atom. The van der Waals surface area contributed by atoms with E-state index in [0.29, 0.717) is 39.3 Å². The Labute approximate surface area is 177 Å². The van der Waals surface area contributed by atoms with Crippen molar-refractivity contribution in [1.29, 1.82) is 0 Å². The van der Waals surface area contributed by atoms with E-state index in [4.69, 9.17) is 4.74 Å². The van der Waals surface area contributed by atoms with E-state index in [0.717, 1.165) is 15.7 Å². The summed E-state index contributed by atoms with van der Waals surface area (Å²) in [7, 11) is -3.92. The quantitative estimate of drug-likeness (QED) is 0.489. The molecule has 8 nitrogen and oxygen atoms in total. The van der Waals surface area contributed by atoms with E-state index in [1.807, 2.05) is 12.1 Å². The SMILES string of the molecule is O=[N+]([O-])c1ccccc1S(=O)(=O)N1CCC(N2COCc3cc(Br)ccc32)CC1. The molecule has 2 aromatic carbocycles. The lowest BCUT2D eigenvalue weighted by molar-refractivity contribution is -0.387. The fourth-order valence-corrected chi connectivity index (χ4v) is 5.97. The smallest absolute Gasteiger partial charge is 0.289 e. The van der Waals surface area contributed by atoms with E-state index in [9.17, 15) is 18.5 Å². The van der Waals surface area contributed by atoms with Crippen molar-refractivity contribution in [2.45, 2.75) is 30.4 Å². The van der Waals surface area contributed by atoms with Crippen LogP contribution in [0, 0.1) is 10.1 Å². The first-order valence-corrected chi connectivity index (χ1v) is 11.5. The van der Waals surface area contributed by atoms with Gasteiger partial charge in [-0.15, -0.1) is 0 Å². The molecule has 2 aromatic rings. The normalized spacial score (nSPS) is 18.4. The predicted molar refractivity (Wildman–Crippen MR) is 111 cm³/mol. The van der Waals surface area contributed by atoms with Crippen LogP contribution in [-0.4, -0.2) is 43.5 Å². The second-order valence-electron chi connectivity index (χ2n) is 7.08. The van der Waals surface area contributed by atoms with E-state index >= 15 is 0 Å². The number of halogens is 1. The van der Waals surface area contributed by atoms with Gasteiger partial charge in [0.1, 0.15) is 6.73 Å². The van der Waals surface area contributed by atoms with Gasteiger partial charge in [-0.25, -0.2) is 8.42 Å². The molecule has 0 bridgehead atoms. The van der Waals surface area contributed by atoms with Crippen LogP contribution in [-0.2, 0) is 21.4 Å². The number of ether oxygens (including phenoxy) is 1. The topological polar surface area (TPSA) is 93.0 Å². The number of piperidine rings is 1. The minimum atomic E-state index is -3.92. The highest BCUT2D eigenvalue weighted by Crippen LogP contribution is 2.34. The average molecular weight is 482 g/mol. The summed E-state index contributed by atoms with van der Waals surface area (Å²) < 4.78 is 34.1. The summed E-state index contributed by atoms with van der Waals surface area (Å²) >= 11 is 3.48. The van der Waals surface area contributed by atoms with Gasteiger partial charge in [0.05, 0.1) is 11.5 Å². The second kappa shape index (κ2) is 8.02. The largest absolute Gasteiger partial charge is 0.356 e. The van der Waals surface area contributed by atoms with E-state index < -0.39 is 20.6 Å². The van der Waals surface area contributed by atoms with Crippen LogP contribution in [0.4, 0.5) is 11.4 Å². The maximum atomic E-state index is 13.0. The van der Waals surface area contributed by atoms with E-state index in [-0.39, 0.29) is 10.9 Å². The van der Waals surface area contributed by atoms with Crippen molar-refractivity contribution >= 4 is 37.3 Å². The van der Waals surface area contributed by atoms with Gasteiger partial charge in [0, 0.05) is 40.9 Å². The molecule has 0 atom stereocenters. The molecule has 0 N–H and O–H groups in total. The zero-order valence-electron chi connectivity index (χ0n) is 15.5. The summed E-state index contributed by atoms with van der Waals surface area (Å²) in [5, 5.41) is 11.2. The minimum absolute atomic E-state index is 0.146. The van der Waals surface area contributed by atoms with Crippen LogP contribution < -0.4 is 4.90 Å². The lowest BCUT2D eigenvalue weighted by atomic mass is 10.0. The number of nitro benzene ring substituents is 1. The predicted octanol–water partition coefficient (Wildman–Crippen LogP) is 3.50. The Kier molecular flexibility index (Phi) is 5.60. The molecule has 0 saturated carbocycles. The first-order valence-electron chi connectivity index (χ1n) is 9.24. The van der Waals surface area contributed by atoms with Gasteiger partial charge in [-0.3, -0.25) is 10.1 Å². The Hall–Kier alpha value is -2.01. The van der Waals surface area contributed by atoms with Gasteiger partial charge < -0.3 is 9.64 Å². The average Bonchev–Trinajstić information content (AvgIpc) is 2.73. The Bertz CT molecular complexity index is 1040. The lowest BCUT2D eigenvalue weighted by Crippen LogP contribution is -2.48. The van der Waals surface area contributed by atoms with Crippen molar-refractivity contribution in [2.24, 2.45) is 0 Å². The molecule has 154 valence electrons. The zero-order valence-corrected chi connectivity index (χ0v) is 17.9. The standard InChI is InChI=1S/C19H20BrN3O5S/c20-15-5-6-17-14(11-15)12-28-13-22(17)16-7-9-21(10-8-16)29(26,27)19-4-2-1-3-18(19)23(24)25/h1-6,11,16H,7-10,12-13H2. The number of anilines is 1. The van der Waals surface area contributed by atoms with Crippen LogP contribution >= 0.6 is 15.9 Å². The van der Waals surface area contributed by atoms with Crippen LogP contribution in [0.15, 0.2) is 51.8 Å². The van der Waals surface area contributed by atoms with E-state index in [1.165, 1.54) is 28.6 Å². The number of rotatable bonds is 4.